The molecule has 2 fully saturated rings. The van der Waals surface area contributed by atoms with Gasteiger partial charge in [-0.2, -0.15) is 0 Å². The number of carbonyl (C=O) groups excluding carboxylic acids is 3. The normalized spacial score (nSPS) is 18.5. The van der Waals surface area contributed by atoms with Crippen LogP contribution in [0, 0.1) is 0 Å². The molecule has 3 atom stereocenters. The highest BCUT2D eigenvalue weighted by molar-refractivity contribution is 9.10. The molecule has 5 rings (SSSR count). The van der Waals surface area contributed by atoms with Crippen LogP contribution in [0.4, 0.5) is 21.9 Å². The summed E-state index contributed by atoms with van der Waals surface area (Å²) in [7, 11) is 0. The van der Waals surface area contributed by atoms with Crippen molar-refractivity contribution in [2.24, 2.45) is 0 Å². The van der Waals surface area contributed by atoms with Gasteiger partial charge in [0.2, 0.25) is 11.8 Å². The molecule has 2 heterocycles. The number of likely N-dealkylation sites (tertiary alicyclic amines) is 1. The topological polar surface area (TPSA) is 109 Å². The van der Waals surface area contributed by atoms with Gasteiger partial charge in [-0.15, -0.1) is 0 Å². The molecule has 3 amide bonds. The van der Waals surface area contributed by atoms with E-state index in [1.807, 2.05) is 48.5 Å². The highest BCUT2D eigenvalue weighted by atomic mass is 79.9. The lowest BCUT2D eigenvalue weighted by molar-refractivity contribution is -0.118. The molecule has 2 bridgehead atoms. The highest BCUT2D eigenvalue weighted by Gasteiger charge is 2.39. The Hall–Kier alpha value is -3.99. The summed E-state index contributed by atoms with van der Waals surface area (Å²) in [5, 5.41) is 8.57. The van der Waals surface area contributed by atoms with Crippen molar-refractivity contribution in [3.63, 3.8) is 0 Å². The first-order valence-electron chi connectivity index (χ1n) is 15.1. The summed E-state index contributed by atoms with van der Waals surface area (Å²) in [6.45, 7) is 7.84. The van der Waals surface area contributed by atoms with E-state index in [-0.39, 0.29) is 17.7 Å². The fourth-order valence-electron chi connectivity index (χ4n) is 5.56. The average Bonchev–Trinajstić information content (AvgIpc) is 3.62. The molecular weight excluding hydrogens is 636 g/mol. The predicted octanol–water partition coefficient (Wildman–Crippen LogP) is 7.03. The van der Waals surface area contributed by atoms with Gasteiger partial charge in [0, 0.05) is 28.8 Å². The Morgan fingerprint density at radius 2 is 1.67 bits per heavy atom. The van der Waals surface area contributed by atoms with Crippen LogP contribution in [-0.4, -0.2) is 60.3 Å². The van der Waals surface area contributed by atoms with Crippen molar-refractivity contribution in [3.8, 4) is 0 Å². The number of rotatable bonds is 10. The maximum Gasteiger partial charge on any atom is 0.412 e. The van der Waals surface area contributed by atoms with Crippen molar-refractivity contribution >= 4 is 57.0 Å². The Kier molecular flexibility index (Phi) is 10.4. The number of hydrogen-bond donors (Lipinski definition) is 3. The molecule has 3 aromatic carbocycles. The highest BCUT2D eigenvalue weighted by Crippen LogP contribution is 2.30. The van der Waals surface area contributed by atoms with Gasteiger partial charge in [0.1, 0.15) is 5.60 Å². The van der Waals surface area contributed by atoms with Crippen molar-refractivity contribution in [2.75, 3.05) is 35.6 Å². The van der Waals surface area contributed by atoms with E-state index in [0.29, 0.717) is 29.9 Å². The number of ether oxygens (including phenoxy) is 2. The Labute approximate surface area is 272 Å². The Morgan fingerprint density at radius 3 is 2.29 bits per heavy atom. The van der Waals surface area contributed by atoms with Gasteiger partial charge >= 0.3 is 6.09 Å². The van der Waals surface area contributed by atoms with Crippen molar-refractivity contribution in [3.05, 3.63) is 94.5 Å². The van der Waals surface area contributed by atoms with E-state index in [9.17, 15) is 14.4 Å². The molecule has 0 aliphatic carbocycles. The Bertz CT molecular complexity index is 1530. The number of nitrogens with one attached hydrogen (secondary N) is 3. The smallest absolute Gasteiger partial charge is 0.412 e. The number of nitrogens with zero attached hydrogens (tertiary/aromatic N) is 1. The van der Waals surface area contributed by atoms with Crippen LogP contribution >= 0.6 is 15.9 Å². The molecule has 236 valence electrons. The molecule has 3 N–H and O–H groups in total. The molecule has 3 aromatic rings. The third kappa shape index (κ3) is 9.26. The van der Waals surface area contributed by atoms with E-state index < -0.39 is 11.7 Å². The number of fused-ring (bicyclic) bond motifs is 2. The van der Waals surface area contributed by atoms with Gasteiger partial charge in [-0.3, -0.25) is 19.8 Å². The second-order valence-electron chi connectivity index (χ2n) is 12.3. The number of carbonyl (C=O) groups is 3. The number of benzene rings is 3. The molecule has 0 aromatic heterocycles. The third-order valence-corrected chi connectivity index (χ3v) is 8.26. The van der Waals surface area contributed by atoms with Gasteiger partial charge in [0.05, 0.1) is 30.0 Å². The predicted molar refractivity (Wildman–Crippen MR) is 180 cm³/mol. The summed E-state index contributed by atoms with van der Waals surface area (Å²) in [4.78, 5) is 41.0. The van der Waals surface area contributed by atoms with E-state index >= 15 is 0 Å². The Balaban J connectivity index is 1.23. The van der Waals surface area contributed by atoms with Crippen molar-refractivity contribution in [1.29, 1.82) is 0 Å². The quantitative estimate of drug-likeness (QED) is 0.199. The summed E-state index contributed by atoms with van der Waals surface area (Å²) in [5.74, 6) is -0.753. The van der Waals surface area contributed by atoms with Crippen LogP contribution in [0.15, 0.2) is 83.3 Å². The summed E-state index contributed by atoms with van der Waals surface area (Å²) < 4.78 is 12.0. The van der Waals surface area contributed by atoms with E-state index in [1.165, 1.54) is 6.08 Å². The standard InChI is InChI=1S/C35H39BrN4O5/c1-35(2,3)45-34(43)39-31-7-5-4-6-30(31)38-32(41)17-10-23-8-11-24(12-9-23)29(18-19-40-21-28-20-27(40)22-44-28)33(42)37-26-15-13-25(36)14-16-26/h4-17,27-29H,18-22H2,1-3H3,(H,37,42)(H,38,41)(H,39,43)/b17-10+/t27-,28-,29?/m0/s1. The molecule has 2 aliphatic rings. The van der Waals surface area contributed by atoms with Gasteiger partial charge < -0.3 is 20.1 Å². The molecule has 0 radical (unpaired) electrons. The van der Waals surface area contributed by atoms with Gasteiger partial charge in [-0.25, -0.2) is 4.79 Å². The Morgan fingerprint density at radius 1 is 0.978 bits per heavy atom. The number of hydrogen-bond acceptors (Lipinski definition) is 6. The lowest BCUT2D eigenvalue weighted by Gasteiger charge is -2.28. The molecule has 9 nitrogen and oxygen atoms in total. The van der Waals surface area contributed by atoms with Crippen LogP contribution in [0.3, 0.4) is 0 Å². The van der Waals surface area contributed by atoms with Gasteiger partial charge in [0.15, 0.2) is 0 Å². The number of halogens is 1. The molecule has 2 saturated heterocycles. The minimum absolute atomic E-state index is 0.0562. The zero-order valence-electron chi connectivity index (χ0n) is 25.7. The molecule has 10 heteroatoms. The van der Waals surface area contributed by atoms with Crippen LogP contribution in [0.2, 0.25) is 0 Å². The molecule has 0 spiro atoms. The summed E-state index contributed by atoms with van der Waals surface area (Å²) in [6, 6.07) is 22.6. The average molecular weight is 676 g/mol. The van der Waals surface area contributed by atoms with Gasteiger partial charge in [-0.05, 0) is 93.8 Å². The summed E-state index contributed by atoms with van der Waals surface area (Å²) in [6.07, 6.45) is 4.59. The lowest BCUT2D eigenvalue weighted by atomic mass is 9.93. The zero-order chi connectivity index (χ0) is 32.0. The molecule has 1 unspecified atom stereocenters. The largest absolute Gasteiger partial charge is 0.444 e. The van der Waals surface area contributed by atoms with E-state index in [4.69, 9.17) is 9.47 Å². The maximum absolute atomic E-state index is 13.5. The van der Waals surface area contributed by atoms with Gasteiger partial charge in [0.25, 0.3) is 0 Å². The summed E-state index contributed by atoms with van der Waals surface area (Å²) >= 11 is 3.44. The summed E-state index contributed by atoms with van der Waals surface area (Å²) in [5.41, 5.74) is 2.71. The van der Waals surface area contributed by atoms with Crippen LogP contribution in [0.25, 0.3) is 6.08 Å². The van der Waals surface area contributed by atoms with Crippen LogP contribution in [0.1, 0.15) is 50.7 Å². The van der Waals surface area contributed by atoms with Gasteiger partial charge in [-0.1, -0.05) is 52.3 Å². The van der Waals surface area contributed by atoms with E-state index in [2.05, 4.69) is 36.8 Å². The first-order chi connectivity index (χ1) is 21.5. The minimum Gasteiger partial charge on any atom is -0.444 e. The molecule has 45 heavy (non-hydrogen) atoms. The number of morpholine rings is 1. The molecule has 2 aliphatic heterocycles. The number of para-hydroxylation sites is 2. The van der Waals surface area contributed by atoms with E-state index in [0.717, 1.165) is 47.4 Å². The second-order valence-corrected chi connectivity index (χ2v) is 13.3. The molecular formula is C35H39BrN4O5. The number of amides is 3. The van der Waals surface area contributed by atoms with Crippen LogP contribution in [0.5, 0.6) is 0 Å². The maximum atomic E-state index is 13.5. The first-order valence-corrected chi connectivity index (χ1v) is 15.9. The fraction of sp³-hybridized carbons (Fsp3) is 0.343. The second kappa shape index (κ2) is 14.4. The van der Waals surface area contributed by atoms with Crippen molar-refractivity contribution < 1.29 is 23.9 Å². The monoisotopic (exact) mass is 674 g/mol. The first kappa shape index (κ1) is 32.4. The zero-order valence-corrected chi connectivity index (χ0v) is 27.3. The van der Waals surface area contributed by atoms with Crippen LogP contribution < -0.4 is 16.0 Å². The lowest BCUT2D eigenvalue weighted by Crippen LogP contribution is -2.38. The molecule has 0 saturated carbocycles. The number of anilines is 3. The van der Waals surface area contributed by atoms with Crippen molar-refractivity contribution in [2.45, 2.75) is 57.3 Å². The SMILES string of the molecule is CC(C)(C)OC(=O)Nc1ccccc1NC(=O)/C=C/c1ccc(C(CCN2C[C@@H]3C[C@H]2CO3)C(=O)Nc2ccc(Br)cc2)cc1. The van der Waals surface area contributed by atoms with E-state index in [1.54, 1.807) is 51.1 Å². The third-order valence-electron chi connectivity index (χ3n) is 7.73. The van der Waals surface area contributed by atoms with Crippen molar-refractivity contribution in [1.82, 2.24) is 4.90 Å². The minimum atomic E-state index is -0.646. The fourth-order valence-corrected chi connectivity index (χ4v) is 5.82. The van der Waals surface area contributed by atoms with Crippen LogP contribution in [-0.2, 0) is 19.1 Å².